The molecule has 3 aliphatic rings. The molecular formula is C26H37N3O6. The number of methoxy groups -OCH3 is 1. The predicted octanol–water partition coefficient (Wildman–Crippen LogP) is 1.94. The molecule has 4 rings (SSSR count). The van der Waals surface area contributed by atoms with Crippen molar-refractivity contribution in [3.63, 3.8) is 0 Å². The van der Waals surface area contributed by atoms with E-state index in [0.29, 0.717) is 43.8 Å². The highest BCUT2D eigenvalue weighted by Crippen LogP contribution is 2.65. The molecule has 0 saturated carbocycles. The van der Waals surface area contributed by atoms with Gasteiger partial charge in [0.25, 0.3) is 0 Å². The molecule has 3 fully saturated rings. The first-order valence-corrected chi connectivity index (χ1v) is 12.6. The van der Waals surface area contributed by atoms with E-state index in [4.69, 9.17) is 9.47 Å². The Hall–Kier alpha value is -2.65. The Balaban J connectivity index is 1.69. The van der Waals surface area contributed by atoms with E-state index < -0.39 is 29.1 Å². The summed E-state index contributed by atoms with van der Waals surface area (Å²) in [5.74, 6) is -1.45. The van der Waals surface area contributed by atoms with E-state index in [1.165, 1.54) is 0 Å². The first kappa shape index (κ1) is 25.4. The maximum atomic E-state index is 13.9. The molecule has 3 unspecified atom stereocenters. The molecule has 0 aromatic heterocycles. The number of anilines is 1. The molecule has 0 radical (unpaired) electrons. The topological polar surface area (TPSA) is 117 Å². The Morgan fingerprint density at radius 1 is 1.23 bits per heavy atom. The highest BCUT2D eigenvalue weighted by molar-refractivity contribution is 6.03. The van der Waals surface area contributed by atoms with Gasteiger partial charge in [0, 0.05) is 25.4 Å². The number of nitrogens with one attached hydrogen (secondary N) is 2. The quantitative estimate of drug-likeness (QED) is 0.434. The number of carbonyl (C=O) groups is 3. The van der Waals surface area contributed by atoms with Crippen LogP contribution in [0, 0.1) is 17.8 Å². The fraction of sp³-hybridized carbons (Fsp3) is 0.654. The van der Waals surface area contributed by atoms with E-state index in [-0.39, 0.29) is 30.2 Å². The molecule has 0 aliphatic carbocycles. The highest BCUT2D eigenvalue weighted by atomic mass is 16.5. The Labute approximate surface area is 206 Å². The van der Waals surface area contributed by atoms with Gasteiger partial charge in [-0.3, -0.25) is 14.4 Å². The number of aliphatic hydroxyl groups excluding tert-OH is 1. The van der Waals surface area contributed by atoms with Crippen molar-refractivity contribution in [1.29, 1.82) is 0 Å². The van der Waals surface area contributed by atoms with E-state index >= 15 is 0 Å². The molecule has 1 aromatic carbocycles. The molecule has 3 aliphatic heterocycles. The third-order valence-electron chi connectivity index (χ3n) is 8.06. The van der Waals surface area contributed by atoms with E-state index in [1.54, 1.807) is 36.3 Å². The van der Waals surface area contributed by atoms with Gasteiger partial charge in [0.15, 0.2) is 0 Å². The van der Waals surface area contributed by atoms with Crippen LogP contribution in [0.2, 0.25) is 0 Å². The minimum absolute atomic E-state index is 0.00222. The Kier molecular flexibility index (Phi) is 7.11. The lowest BCUT2D eigenvalue weighted by Crippen LogP contribution is -2.54. The van der Waals surface area contributed by atoms with Crippen LogP contribution in [0.5, 0.6) is 5.75 Å². The van der Waals surface area contributed by atoms with Crippen LogP contribution in [0.3, 0.4) is 0 Å². The van der Waals surface area contributed by atoms with Crippen LogP contribution >= 0.6 is 0 Å². The zero-order valence-corrected chi connectivity index (χ0v) is 21.0. The molecule has 9 nitrogen and oxygen atoms in total. The first-order valence-electron chi connectivity index (χ1n) is 12.6. The second kappa shape index (κ2) is 9.78. The van der Waals surface area contributed by atoms with Crippen molar-refractivity contribution in [3.05, 3.63) is 24.3 Å². The van der Waals surface area contributed by atoms with Gasteiger partial charge in [0.1, 0.15) is 17.4 Å². The zero-order chi connectivity index (χ0) is 25.4. The number of hydrogen-bond donors (Lipinski definition) is 3. The van der Waals surface area contributed by atoms with Crippen molar-refractivity contribution >= 4 is 23.4 Å². The van der Waals surface area contributed by atoms with Crippen molar-refractivity contribution in [1.82, 2.24) is 10.2 Å². The molecule has 6 atom stereocenters. The number of hydrogen-bond acceptors (Lipinski definition) is 6. The van der Waals surface area contributed by atoms with Crippen LogP contribution in [0.4, 0.5) is 5.69 Å². The van der Waals surface area contributed by atoms with Crippen LogP contribution in [-0.4, -0.2) is 71.8 Å². The van der Waals surface area contributed by atoms with Gasteiger partial charge in [0.05, 0.1) is 24.5 Å². The summed E-state index contributed by atoms with van der Waals surface area (Å²) in [5.41, 5.74) is -1.31. The van der Waals surface area contributed by atoms with Crippen LogP contribution in [-0.2, 0) is 19.1 Å². The van der Waals surface area contributed by atoms with Crippen LogP contribution in [0.25, 0.3) is 0 Å². The summed E-state index contributed by atoms with van der Waals surface area (Å²) in [6.07, 6.45) is 2.38. The van der Waals surface area contributed by atoms with Crippen molar-refractivity contribution < 1.29 is 29.0 Å². The molecule has 1 aromatic rings. The Bertz CT molecular complexity index is 968. The average Bonchev–Trinajstić information content (AvgIpc) is 3.35. The lowest BCUT2D eigenvalue weighted by atomic mass is 9.62. The monoisotopic (exact) mass is 487 g/mol. The number of likely N-dealkylation sites (tertiary alicyclic amines) is 1. The Morgan fingerprint density at radius 2 is 1.94 bits per heavy atom. The van der Waals surface area contributed by atoms with Gasteiger partial charge < -0.3 is 30.1 Å². The number of unbranched alkanes of at least 4 members (excludes halogenated alkanes) is 1. The molecule has 3 saturated heterocycles. The van der Waals surface area contributed by atoms with Crippen LogP contribution < -0.4 is 15.4 Å². The van der Waals surface area contributed by atoms with Crippen molar-refractivity contribution in [3.8, 4) is 5.75 Å². The number of fused-ring (bicyclic) bond motifs is 1. The number of benzene rings is 1. The van der Waals surface area contributed by atoms with E-state index in [9.17, 15) is 19.5 Å². The highest BCUT2D eigenvalue weighted by Gasteiger charge is 2.79. The van der Waals surface area contributed by atoms with Gasteiger partial charge in [-0.25, -0.2) is 0 Å². The lowest BCUT2D eigenvalue weighted by Gasteiger charge is -2.36. The smallest absolute Gasteiger partial charge is 0.250 e. The number of rotatable bonds is 10. The average molecular weight is 488 g/mol. The number of carbonyl (C=O) groups excluding carboxylic acids is 3. The second-order valence-corrected chi connectivity index (χ2v) is 10.2. The van der Waals surface area contributed by atoms with E-state index in [0.717, 1.165) is 6.42 Å². The number of aliphatic hydroxyl groups is 1. The molecule has 3 heterocycles. The van der Waals surface area contributed by atoms with Crippen molar-refractivity contribution in [2.45, 2.75) is 63.7 Å². The molecule has 192 valence electrons. The van der Waals surface area contributed by atoms with Crippen LogP contribution in [0.1, 0.15) is 46.5 Å². The van der Waals surface area contributed by atoms with E-state index in [2.05, 4.69) is 10.6 Å². The largest absolute Gasteiger partial charge is 0.497 e. The third-order valence-corrected chi connectivity index (χ3v) is 8.06. The zero-order valence-electron chi connectivity index (χ0n) is 21.0. The summed E-state index contributed by atoms with van der Waals surface area (Å²) in [6, 6.07) is 6.14. The molecule has 1 spiro atoms. The number of nitrogens with zero attached hydrogens (tertiary/aromatic N) is 1. The molecule has 2 bridgehead atoms. The maximum Gasteiger partial charge on any atom is 0.250 e. The van der Waals surface area contributed by atoms with Gasteiger partial charge in [0.2, 0.25) is 17.7 Å². The van der Waals surface area contributed by atoms with Crippen molar-refractivity contribution in [2.24, 2.45) is 17.8 Å². The molecular weight excluding hydrogens is 450 g/mol. The number of amides is 3. The minimum atomic E-state index is -1.07. The molecule has 3 amide bonds. The molecule has 35 heavy (non-hydrogen) atoms. The normalized spacial score (nSPS) is 33.1. The van der Waals surface area contributed by atoms with Gasteiger partial charge >= 0.3 is 0 Å². The predicted molar refractivity (Wildman–Crippen MR) is 130 cm³/mol. The third kappa shape index (κ3) is 4.08. The Morgan fingerprint density at radius 3 is 2.57 bits per heavy atom. The fourth-order valence-corrected chi connectivity index (χ4v) is 6.32. The summed E-state index contributed by atoms with van der Waals surface area (Å²) < 4.78 is 11.9. The van der Waals surface area contributed by atoms with Gasteiger partial charge in [-0.15, -0.1) is 0 Å². The summed E-state index contributed by atoms with van der Waals surface area (Å²) in [6.45, 7) is 6.76. The maximum absolute atomic E-state index is 13.9. The van der Waals surface area contributed by atoms with Gasteiger partial charge in [-0.1, -0.05) is 13.8 Å². The summed E-state index contributed by atoms with van der Waals surface area (Å²) in [4.78, 5) is 42.5. The van der Waals surface area contributed by atoms with Crippen molar-refractivity contribution in [2.75, 3.05) is 32.1 Å². The van der Waals surface area contributed by atoms with Gasteiger partial charge in [-0.05, 0) is 62.8 Å². The number of ether oxygens (including phenoxy) is 2. The molecule has 9 heteroatoms. The van der Waals surface area contributed by atoms with E-state index in [1.807, 2.05) is 20.8 Å². The SMILES string of the molecule is CCCNC(=O)[C@@H]1[C@H]2C(=O)N(CCCCO)C(C(=O)Nc3ccc(OC)cc3)C23CC(C)[C@@]1(C)O3. The summed E-state index contributed by atoms with van der Waals surface area (Å²) in [5, 5.41) is 15.2. The standard InChI is InChI=1S/C26H37N3O6/c1-5-12-27-22(31)19-20-24(33)29(13-6-7-14-30)21(26(20)15-16(2)25(19,3)35-26)23(32)28-17-8-10-18(34-4)11-9-17/h8-11,16,19-21,30H,5-7,12-15H2,1-4H3,(H,27,31)(H,28,32)/t16?,19-,20-,21?,25+,26?/m0/s1. The van der Waals surface area contributed by atoms with Gasteiger partial charge in [-0.2, -0.15) is 0 Å². The fourth-order valence-electron chi connectivity index (χ4n) is 6.32. The first-order chi connectivity index (χ1) is 16.7. The summed E-state index contributed by atoms with van der Waals surface area (Å²) in [7, 11) is 1.57. The second-order valence-electron chi connectivity index (χ2n) is 10.2. The minimum Gasteiger partial charge on any atom is -0.497 e. The van der Waals surface area contributed by atoms with Crippen LogP contribution in [0.15, 0.2) is 24.3 Å². The molecule has 3 N–H and O–H groups in total. The summed E-state index contributed by atoms with van der Waals surface area (Å²) >= 11 is 0. The lowest BCUT2D eigenvalue weighted by molar-refractivity contribution is -0.146.